The molecule has 0 spiro atoms. The Morgan fingerprint density at radius 3 is 2.61 bits per heavy atom. The molecule has 0 atom stereocenters. The lowest BCUT2D eigenvalue weighted by Crippen LogP contribution is -2.52. The molecule has 1 fully saturated rings. The second-order valence-corrected chi connectivity index (χ2v) is 6.08. The molecule has 3 N–H and O–H groups in total. The summed E-state index contributed by atoms with van der Waals surface area (Å²) in [5.74, 6) is 0.414. The first-order valence-corrected chi connectivity index (χ1v) is 6.44. The zero-order valence-electron chi connectivity index (χ0n) is 11.4. The first-order valence-electron chi connectivity index (χ1n) is 6.44. The van der Waals surface area contributed by atoms with Crippen molar-refractivity contribution in [1.82, 2.24) is 9.55 Å². The third kappa shape index (κ3) is 2.27. The Hall–Kier alpha value is -1.36. The maximum absolute atomic E-state index is 12.3. The Kier molecular flexibility index (Phi) is 3.19. The van der Waals surface area contributed by atoms with Gasteiger partial charge in [-0.1, -0.05) is 0 Å². The third-order valence-electron chi connectivity index (χ3n) is 3.65. The fourth-order valence-electron chi connectivity index (χ4n) is 2.26. The zero-order valence-corrected chi connectivity index (χ0v) is 11.4. The Morgan fingerprint density at radius 1 is 1.50 bits per heavy atom. The van der Waals surface area contributed by atoms with Gasteiger partial charge in [-0.2, -0.15) is 0 Å². The van der Waals surface area contributed by atoms with Gasteiger partial charge >= 0.3 is 0 Å². The van der Waals surface area contributed by atoms with Crippen LogP contribution >= 0.6 is 0 Å². The summed E-state index contributed by atoms with van der Waals surface area (Å²) in [6.45, 7) is 6.54. The van der Waals surface area contributed by atoms with Gasteiger partial charge in [0.1, 0.15) is 0 Å². The molecule has 0 saturated heterocycles. The number of aromatic nitrogens is 2. The first kappa shape index (κ1) is 13.1. The molecule has 1 aliphatic carbocycles. The summed E-state index contributed by atoms with van der Waals surface area (Å²) in [6.07, 6.45) is 6.57. The number of nitrogens with one attached hydrogen (secondary N) is 1. The van der Waals surface area contributed by atoms with Gasteiger partial charge in [0.25, 0.3) is 5.56 Å². The van der Waals surface area contributed by atoms with E-state index in [0.717, 1.165) is 19.3 Å². The van der Waals surface area contributed by atoms with Gasteiger partial charge in [-0.05, 0) is 40.0 Å². The van der Waals surface area contributed by atoms with Crippen LogP contribution in [-0.4, -0.2) is 21.6 Å². The molecule has 0 aliphatic heterocycles. The second-order valence-electron chi connectivity index (χ2n) is 6.08. The molecule has 0 unspecified atom stereocenters. The molecule has 0 bridgehead atoms. The minimum Gasteiger partial charge on any atom is -0.359 e. The van der Waals surface area contributed by atoms with E-state index in [1.807, 2.05) is 20.8 Å². The first-order chi connectivity index (χ1) is 8.38. The third-order valence-corrected chi connectivity index (χ3v) is 3.65. The Morgan fingerprint density at radius 2 is 2.17 bits per heavy atom. The topological polar surface area (TPSA) is 72.9 Å². The summed E-state index contributed by atoms with van der Waals surface area (Å²) in [4.78, 5) is 16.5. The van der Waals surface area contributed by atoms with E-state index in [1.165, 1.54) is 0 Å². The SMILES string of the molecule is CC(C)(C)n1ccnc(NC2(CN)CCC2)c1=O. The molecule has 0 aromatic carbocycles. The molecule has 0 radical (unpaired) electrons. The van der Waals surface area contributed by atoms with Crippen molar-refractivity contribution in [2.45, 2.75) is 51.1 Å². The predicted octanol–water partition coefficient (Wildman–Crippen LogP) is 1.29. The Labute approximate surface area is 107 Å². The van der Waals surface area contributed by atoms with Gasteiger partial charge in [0.05, 0.1) is 5.54 Å². The smallest absolute Gasteiger partial charge is 0.293 e. The van der Waals surface area contributed by atoms with E-state index in [9.17, 15) is 4.79 Å². The molecule has 5 nitrogen and oxygen atoms in total. The fraction of sp³-hybridized carbons (Fsp3) is 0.692. The normalized spacial score (nSPS) is 18.2. The molecule has 2 rings (SSSR count). The van der Waals surface area contributed by atoms with Crippen molar-refractivity contribution in [3.05, 3.63) is 22.7 Å². The van der Waals surface area contributed by atoms with E-state index in [-0.39, 0.29) is 16.6 Å². The van der Waals surface area contributed by atoms with E-state index in [2.05, 4.69) is 10.3 Å². The van der Waals surface area contributed by atoms with E-state index in [1.54, 1.807) is 17.0 Å². The van der Waals surface area contributed by atoms with E-state index in [4.69, 9.17) is 5.73 Å². The number of hydrogen-bond donors (Lipinski definition) is 2. The van der Waals surface area contributed by atoms with Crippen molar-refractivity contribution >= 4 is 5.82 Å². The van der Waals surface area contributed by atoms with Crippen LogP contribution in [0.3, 0.4) is 0 Å². The maximum Gasteiger partial charge on any atom is 0.293 e. The predicted molar refractivity (Wildman–Crippen MR) is 72.8 cm³/mol. The van der Waals surface area contributed by atoms with Crippen LogP contribution in [0.25, 0.3) is 0 Å². The van der Waals surface area contributed by atoms with Gasteiger partial charge in [0.2, 0.25) is 0 Å². The highest BCUT2D eigenvalue weighted by molar-refractivity contribution is 5.37. The molecular weight excluding hydrogens is 228 g/mol. The molecule has 100 valence electrons. The van der Waals surface area contributed by atoms with E-state index in [0.29, 0.717) is 12.4 Å². The van der Waals surface area contributed by atoms with Crippen molar-refractivity contribution in [2.24, 2.45) is 5.73 Å². The van der Waals surface area contributed by atoms with Crippen LogP contribution in [0.5, 0.6) is 0 Å². The van der Waals surface area contributed by atoms with Crippen molar-refractivity contribution < 1.29 is 0 Å². The minimum absolute atomic E-state index is 0.0790. The fourth-order valence-corrected chi connectivity index (χ4v) is 2.26. The van der Waals surface area contributed by atoms with Gasteiger partial charge in [-0.15, -0.1) is 0 Å². The van der Waals surface area contributed by atoms with Gasteiger partial charge in [0, 0.05) is 24.5 Å². The quantitative estimate of drug-likeness (QED) is 0.848. The van der Waals surface area contributed by atoms with Crippen LogP contribution < -0.4 is 16.6 Å². The highest BCUT2D eigenvalue weighted by Gasteiger charge is 2.36. The maximum atomic E-state index is 12.3. The highest BCUT2D eigenvalue weighted by Crippen LogP contribution is 2.33. The summed E-state index contributed by atoms with van der Waals surface area (Å²) < 4.78 is 1.70. The van der Waals surface area contributed by atoms with Gasteiger partial charge in [-0.25, -0.2) is 4.98 Å². The van der Waals surface area contributed by atoms with E-state index >= 15 is 0 Å². The summed E-state index contributed by atoms with van der Waals surface area (Å²) in [6, 6.07) is 0. The average molecular weight is 250 g/mol. The number of anilines is 1. The molecule has 5 heteroatoms. The van der Waals surface area contributed by atoms with Crippen LogP contribution in [0, 0.1) is 0 Å². The number of rotatable bonds is 3. The molecule has 1 saturated carbocycles. The highest BCUT2D eigenvalue weighted by atomic mass is 16.1. The van der Waals surface area contributed by atoms with Crippen LogP contribution in [-0.2, 0) is 5.54 Å². The van der Waals surface area contributed by atoms with Crippen LogP contribution in [0.2, 0.25) is 0 Å². The second kappa shape index (κ2) is 4.39. The lowest BCUT2D eigenvalue weighted by Gasteiger charge is -2.42. The Balaban J connectivity index is 2.32. The molecule has 0 amide bonds. The standard InChI is InChI=1S/C13H22N4O/c1-12(2,3)17-8-7-15-10(11(17)18)16-13(9-14)5-4-6-13/h7-8H,4-6,9,14H2,1-3H3,(H,15,16). The summed E-state index contributed by atoms with van der Waals surface area (Å²) >= 11 is 0. The molecule has 1 aliphatic rings. The molecule has 18 heavy (non-hydrogen) atoms. The summed E-state index contributed by atoms with van der Waals surface area (Å²) in [5, 5.41) is 3.25. The van der Waals surface area contributed by atoms with Crippen molar-refractivity contribution in [2.75, 3.05) is 11.9 Å². The lowest BCUT2D eigenvalue weighted by molar-refractivity contribution is 0.285. The monoisotopic (exact) mass is 250 g/mol. The van der Waals surface area contributed by atoms with Gasteiger partial charge in [-0.3, -0.25) is 4.79 Å². The molecule has 1 aromatic rings. The van der Waals surface area contributed by atoms with Crippen molar-refractivity contribution in [3.8, 4) is 0 Å². The Bertz CT molecular complexity index is 477. The molecule has 1 heterocycles. The number of nitrogens with zero attached hydrogens (tertiary/aromatic N) is 2. The number of nitrogens with two attached hydrogens (primary N) is 1. The minimum atomic E-state index is -0.244. The van der Waals surface area contributed by atoms with Crippen LogP contribution in [0.15, 0.2) is 17.2 Å². The van der Waals surface area contributed by atoms with Crippen molar-refractivity contribution in [1.29, 1.82) is 0 Å². The van der Waals surface area contributed by atoms with Crippen LogP contribution in [0.4, 0.5) is 5.82 Å². The van der Waals surface area contributed by atoms with E-state index < -0.39 is 0 Å². The van der Waals surface area contributed by atoms with Crippen LogP contribution in [0.1, 0.15) is 40.0 Å². The van der Waals surface area contributed by atoms with Gasteiger partial charge < -0.3 is 15.6 Å². The largest absolute Gasteiger partial charge is 0.359 e. The number of hydrogen-bond acceptors (Lipinski definition) is 4. The van der Waals surface area contributed by atoms with Crippen molar-refractivity contribution in [3.63, 3.8) is 0 Å². The summed E-state index contributed by atoms with van der Waals surface area (Å²) in [7, 11) is 0. The average Bonchev–Trinajstić information content (AvgIpc) is 2.24. The molecule has 1 aromatic heterocycles. The van der Waals surface area contributed by atoms with Gasteiger partial charge in [0.15, 0.2) is 5.82 Å². The lowest BCUT2D eigenvalue weighted by atomic mass is 9.77. The summed E-state index contributed by atoms with van der Waals surface area (Å²) in [5.41, 5.74) is 5.35. The molecular formula is C13H22N4O. The zero-order chi connectivity index (χ0) is 13.4.